The van der Waals surface area contributed by atoms with Gasteiger partial charge in [-0.3, -0.25) is 4.99 Å². The number of rotatable bonds is 6. The average Bonchev–Trinajstić information content (AvgIpc) is 3.13. The van der Waals surface area contributed by atoms with Crippen LogP contribution in [0.3, 0.4) is 0 Å². The van der Waals surface area contributed by atoms with Crippen LogP contribution in [0.1, 0.15) is 31.3 Å². The van der Waals surface area contributed by atoms with Crippen molar-refractivity contribution in [1.82, 2.24) is 10.1 Å². The molecule has 2 rings (SSSR count). The number of nitrogens with two attached hydrogens (primary N) is 1. The summed E-state index contributed by atoms with van der Waals surface area (Å²) in [4.78, 5) is 19.2. The highest BCUT2D eigenvalue weighted by atomic mass is 19.4. The van der Waals surface area contributed by atoms with Gasteiger partial charge in [0.05, 0.1) is 18.2 Å². The van der Waals surface area contributed by atoms with E-state index in [1.165, 1.54) is 6.21 Å². The van der Waals surface area contributed by atoms with E-state index in [9.17, 15) is 18.0 Å². The number of esters is 1. The molecule has 0 fully saturated rings. The number of benzene rings is 1. The number of aliphatic imine (C=N–C) groups is 1. The van der Waals surface area contributed by atoms with E-state index in [0.717, 1.165) is 11.8 Å². The Balaban J connectivity index is 2.11. The number of nitrogens with zero attached hydrogens (tertiary/aromatic N) is 3. The number of carbonyl (C=O) groups excluding carboxylic acids is 1. The maximum Gasteiger partial charge on any atom is 0.471 e. The monoisotopic (exact) mass is 382 g/mol. The van der Waals surface area contributed by atoms with Crippen LogP contribution in [0, 0.1) is 0 Å². The van der Waals surface area contributed by atoms with Crippen LogP contribution in [0.4, 0.5) is 13.2 Å². The van der Waals surface area contributed by atoms with Crippen LogP contribution in [0.5, 0.6) is 0 Å². The van der Waals surface area contributed by atoms with Gasteiger partial charge in [-0.25, -0.2) is 4.79 Å². The van der Waals surface area contributed by atoms with Gasteiger partial charge in [0.1, 0.15) is 0 Å². The molecule has 0 aliphatic heterocycles. The summed E-state index contributed by atoms with van der Waals surface area (Å²) in [6, 6.07) is 6.10. The Labute approximate surface area is 152 Å². The van der Waals surface area contributed by atoms with Crippen molar-refractivity contribution < 1.29 is 27.2 Å². The van der Waals surface area contributed by atoms with Crippen LogP contribution in [-0.2, 0) is 15.7 Å². The molecule has 10 heteroatoms. The summed E-state index contributed by atoms with van der Waals surface area (Å²) < 4.78 is 46.6. The summed E-state index contributed by atoms with van der Waals surface area (Å²) in [5.41, 5.74) is 6.63. The van der Waals surface area contributed by atoms with Crippen molar-refractivity contribution in [2.45, 2.75) is 26.1 Å². The van der Waals surface area contributed by atoms with Crippen molar-refractivity contribution in [2.24, 2.45) is 10.7 Å². The maximum atomic E-state index is 12.5. The van der Waals surface area contributed by atoms with Crippen LogP contribution in [-0.4, -0.2) is 28.9 Å². The molecule has 1 aromatic heterocycles. The van der Waals surface area contributed by atoms with Gasteiger partial charge in [-0.2, -0.15) is 18.2 Å². The Kier molecular flexibility index (Phi) is 6.32. The summed E-state index contributed by atoms with van der Waals surface area (Å²) in [5, 5.41) is 3.33. The van der Waals surface area contributed by atoms with E-state index < -0.39 is 18.0 Å². The molecule has 0 aliphatic carbocycles. The van der Waals surface area contributed by atoms with Crippen LogP contribution in [0.25, 0.3) is 11.4 Å². The van der Waals surface area contributed by atoms with E-state index in [-0.39, 0.29) is 24.0 Å². The van der Waals surface area contributed by atoms with Crippen LogP contribution >= 0.6 is 0 Å². The SMILES string of the molecule is CCOC(=O)C(C=NC(C)c1ccc(-c2noc(C(F)(F)F)n2)cc1)=CN. The first kappa shape index (κ1) is 20.1. The molecule has 2 N–H and O–H groups in total. The van der Waals surface area contributed by atoms with E-state index in [2.05, 4.69) is 19.7 Å². The molecule has 0 saturated heterocycles. The third-order valence-electron chi connectivity index (χ3n) is 3.45. The molecule has 27 heavy (non-hydrogen) atoms. The second-order valence-electron chi connectivity index (χ2n) is 5.34. The highest BCUT2D eigenvalue weighted by molar-refractivity contribution is 6.09. The van der Waals surface area contributed by atoms with Crippen molar-refractivity contribution in [3.8, 4) is 11.4 Å². The van der Waals surface area contributed by atoms with Gasteiger partial charge >= 0.3 is 18.0 Å². The highest BCUT2D eigenvalue weighted by Crippen LogP contribution is 2.29. The summed E-state index contributed by atoms with van der Waals surface area (Å²) in [6.07, 6.45) is -2.28. The van der Waals surface area contributed by atoms with Crippen LogP contribution in [0.2, 0.25) is 0 Å². The lowest BCUT2D eigenvalue weighted by molar-refractivity contribution is -0.159. The summed E-state index contributed by atoms with van der Waals surface area (Å²) >= 11 is 0. The fraction of sp³-hybridized carbons (Fsp3) is 0.294. The van der Waals surface area contributed by atoms with E-state index in [1.54, 1.807) is 38.1 Å². The highest BCUT2D eigenvalue weighted by Gasteiger charge is 2.38. The van der Waals surface area contributed by atoms with E-state index in [1.807, 2.05) is 0 Å². The van der Waals surface area contributed by atoms with Gasteiger partial charge in [-0.15, -0.1) is 0 Å². The lowest BCUT2D eigenvalue weighted by Gasteiger charge is -2.07. The molecule has 0 radical (unpaired) electrons. The topological polar surface area (TPSA) is 104 Å². The van der Waals surface area contributed by atoms with Gasteiger partial charge < -0.3 is 15.0 Å². The van der Waals surface area contributed by atoms with Crippen LogP contribution < -0.4 is 5.73 Å². The molecule has 2 aromatic rings. The first-order valence-corrected chi connectivity index (χ1v) is 7.89. The third kappa shape index (κ3) is 5.16. The van der Waals surface area contributed by atoms with E-state index >= 15 is 0 Å². The van der Waals surface area contributed by atoms with Crippen LogP contribution in [0.15, 0.2) is 45.6 Å². The largest absolute Gasteiger partial charge is 0.471 e. The molecule has 0 amide bonds. The van der Waals surface area contributed by atoms with Gasteiger partial charge in [-0.05, 0) is 19.4 Å². The zero-order valence-electron chi connectivity index (χ0n) is 14.5. The van der Waals surface area contributed by atoms with Gasteiger partial charge in [0.2, 0.25) is 5.82 Å². The predicted molar refractivity (Wildman–Crippen MR) is 90.5 cm³/mol. The Bertz CT molecular complexity index is 842. The standard InChI is InChI=1S/C17H17F3N4O3/c1-3-26-15(25)13(8-21)9-22-10(2)11-4-6-12(7-5-11)14-23-16(27-24-14)17(18,19)20/h4-10H,3,21H2,1-2H3. The normalized spacial score (nSPS) is 13.7. The minimum absolute atomic E-state index is 0.117. The maximum absolute atomic E-state index is 12.5. The molecule has 1 heterocycles. The minimum Gasteiger partial charge on any atom is -0.462 e. The van der Waals surface area contributed by atoms with Crippen molar-refractivity contribution in [3.05, 3.63) is 47.5 Å². The molecule has 1 aromatic carbocycles. The lowest BCUT2D eigenvalue weighted by atomic mass is 10.1. The summed E-state index contributed by atoms with van der Waals surface area (Å²) in [5.74, 6) is -2.15. The molecule has 1 unspecified atom stereocenters. The molecule has 0 saturated carbocycles. The zero-order chi connectivity index (χ0) is 20.0. The van der Waals surface area contributed by atoms with Crippen molar-refractivity contribution in [1.29, 1.82) is 0 Å². The molecule has 7 nitrogen and oxygen atoms in total. The molecule has 0 spiro atoms. The molecule has 144 valence electrons. The quantitative estimate of drug-likeness (QED) is 0.467. The fourth-order valence-corrected chi connectivity index (χ4v) is 2.02. The summed E-state index contributed by atoms with van der Waals surface area (Å²) in [7, 11) is 0. The Morgan fingerprint density at radius 1 is 1.37 bits per heavy atom. The predicted octanol–water partition coefficient (Wildman–Crippen LogP) is 3.29. The Morgan fingerprint density at radius 2 is 2.04 bits per heavy atom. The Hall–Kier alpha value is -3.17. The lowest BCUT2D eigenvalue weighted by Crippen LogP contribution is -2.10. The summed E-state index contributed by atoms with van der Waals surface area (Å²) in [6.45, 7) is 3.67. The first-order valence-electron chi connectivity index (χ1n) is 7.89. The molecule has 0 aliphatic rings. The Morgan fingerprint density at radius 3 is 2.56 bits per heavy atom. The zero-order valence-corrected chi connectivity index (χ0v) is 14.5. The molecular formula is C17H17F3N4O3. The molecule has 0 bridgehead atoms. The van der Waals surface area contributed by atoms with Gasteiger partial charge in [0.15, 0.2) is 0 Å². The first-order chi connectivity index (χ1) is 12.8. The van der Waals surface area contributed by atoms with Gasteiger partial charge in [-0.1, -0.05) is 29.4 Å². The number of halogens is 3. The number of hydrogen-bond donors (Lipinski definition) is 1. The van der Waals surface area contributed by atoms with Crippen molar-refractivity contribution in [2.75, 3.05) is 6.61 Å². The van der Waals surface area contributed by atoms with Gasteiger partial charge in [0.25, 0.3) is 0 Å². The fourth-order valence-electron chi connectivity index (χ4n) is 2.02. The smallest absolute Gasteiger partial charge is 0.462 e. The second-order valence-corrected chi connectivity index (χ2v) is 5.34. The van der Waals surface area contributed by atoms with Gasteiger partial charge in [0, 0.05) is 18.0 Å². The van der Waals surface area contributed by atoms with Crippen molar-refractivity contribution >= 4 is 12.2 Å². The minimum atomic E-state index is -4.69. The van der Waals surface area contributed by atoms with E-state index in [4.69, 9.17) is 10.5 Å². The number of hydrogen-bond acceptors (Lipinski definition) is 7. The number of ether oxygens (including phenoxy) is 1. The van der Waals surface area contributed by atoms with E-state index in [0.29, 0.717) is 5.56 Å². The number of carbonyl (C=O) groups is 1. The molecule has 1 atom stereocenters. The van der Waals surface area contributed by atoms with Crippen molar-refractivity contribution in [3.63, 3.8) is 0 Å². The average molecular weight is 382 g/mol. The number of aromatic nitrogens is 2. The third-order valence-corrected chi connectivity index (χ3v) is 3.45. The number of alkyl halides is 3. The second kappa shape index (κ2) is 8.47. The molecular weight excluding hydrogens is 365 g/mol.